The van der Waals surface area contributed by atoms with Gasteiger partial charge in [-0.05, 0) is 24.1 Å². The Morgan fingerprint density at radius 1 is 1.11 bits per heavy atom. The molecular formula is C13H17NO4. The molecule has 0 amide bonds. The van der Waals surface area contributed by atoms with Gasteiger partial charge in [0.15, 0.2) is 0 Å². The predicted octanol–water partition coefficient (Wildman–Crippen LogP) is 1.31. The van der Waals surface area contributed by atoms with E-state index in [0.29, 0.717) is 12.1 Å². The van der Waals surface area contributed by atoms with Crippen LogP contribution in [0.1, 0.15) is 18.4 Å². The fourth-order valence-corrected chi connectivity index (χ4v) is 1.35. The topological polar surface area (TPSA) is 78.6 Å². The van der Waals surface area contributed by atoms with Crippen molar-refractivity contribution in [1.82, 2.24) is 0 Å². The molecule has 0 saturated carbocycles. The van der Waals surface area contributed by atoms with Crippen LogP contribution in [-0.2, 0) is 25.5 Å². The van der Waals surface area contributed by atoms with Crippen LogP contribution in [-0.4, -0.2) is 25.7 Å². The van der Waals surface area contributed by atoms with E-state index < -0.39 is 0 Å². The minimum Gasteiger partial charge on any atom is -0.469 e. The minimum absolute atomic E-state index is 0.0627. The average Bonchev–Trinajstić information content (AvgIpc) is 2.38. The molecule has 98 valence electrons. The van der Waals surface area contributed by atoms with Crippen molar-refractivity contribution in [2.45, 2.75) is 19.3 Å². The van der Waals surface area contributed by atoms with E-state index in [4.69, 9.17) is 10.5 Å². The molecule has 2 N–H and O–H groups in total. The Balaban J connectivity index is 2.21. The van der Waals surface area contributed by atoms with Crippen molar-refractivity contribution in [3.05, 3.63) is 29.8 Å². The second-order valence-corrected chi connectivity index (χ2v) is 3.79. The Morgan fingerprint density at radius 2 is 1.78 bits per heavy atom. The quantitative estimate of drug-likeness (QED) is 0.609. The number of anilines is 1. The van der Waals surface area contributed by atoms with Crippen LogP contribution in [0, 0.1) is 0 Å². The first-order valence-corrected chi connectivity index (χ1v) is 5.68. The summed E-state index contributed by atoms with van der Waals surface area (Å²) in [5.74, 6) is -0.711. The Kier molecular flexibility index (Phi) is 5.70. The molecule has 0 aliphatic carbocycles. The van der Waals surface area contributed by atoms with Gasteiger partial charge in [0.05, 0.1) is 13.5 Å². The zero-order valence-corrected chi connectivity index (χ0v) is 10.3. The maximum absolute atomic E-state index is 11.4. The molecule has 1 rings (SSSR count). The van der Waals surface area contributed by atoms with Gasteiger partial charge in [0, 0.05) is 12.1 Å². The van der Waals surface area contributed by atoms with E-state index >= 15 is 0 Å². The predicted molar refractivity (Wildman–Crippen MR) is 66.8 cm³/mol. The third-order valence-electron chi connectivity index (χ3n) is 2.39. The van der Waals surface area contributed by atoms with Crippen LogP contribution in [0.2, 0.25) is 0 Å². The smallest absolute Gasteiger partial charge is 0.308 e. The zero-order valence-electron chi connectivity index (χ0n) is 10.3. The van der Waals surface area contributed by atoms with Gasteiger partial charge in [-0.3, -0.25) is 9.59 Å². The van der Waals surface area contributed by atoms with Crippen molar-refractivity contribution in [2.24, 2.45) is 0 Å². The summed E-state index contributed by atoms with van der Waals surface area (Å²) >= 11 is 0. The number of ether oxygens (including phenoxy) is 2. The molecule has 0 spiro atoms. The molecule has 5 nitrogen and oxygen atoms in total. The van der Waals surface area contributed by atoms with Gasteiger partial charge in [-0.1, -0.05) is 12.1 Å². The highest BCUT2D eigenvalue weighted by molar-refractivity contribution is 5.72. The summed E-state index contributed by atoms with van der Waals surface area (Å²) in [6.07, 6.45) is 0.965. The van der Waals surface area contributed by atoms with Crippen LogP contribution in [0.4, 0.5) is 5.69 Å². The van der Waals surface area contributed by atoms with Gasteiger partial charge in [0.1, 0.15) is 6.61 Å². The van der Waals surface area contributed by atoms with Crippen molar-refractivity contribution in [3.63, 3.8) is 0 Å². The number of rotatable bonds is 6. The molecular weight excluding hydrogens is 234 g/mol. The van der Waals surface area contributed by atoms with E-state index in [1.807, 2.05) is 12.1 Å². The lowest BCUT2D eigenvalue weighted by Crippen LogP contribution is -2.11. The summed E-state index contributed by atoms with van der Waals surface area (Å²) in [4.78, 5) is 22.1. The molecule has 5 heteroatoms. The van der Waals surface area contributed by atoms with Crippen LogP contribution in [0.5, 0.6) is 0 Å². The highest BCUT2D eigenvalue weighted by Gasteiger charge is 2.06. The number of carbonyl (C=O) groups excluding carboxylic acids is 2. The van der Waals surface area contributed by atoms with E-state index in [9.17, 15) is 9.59 Å². The van der Waals surface area contributed by atoms with Crippen LogP contribution in [0.15, 0.2) is 24.3 Å². The molecule has 0 aromatic heterocycles. The SMILES string of the molecule is COC(=O)CCOC(=O)CCc1ccc(N)cc1. The summed E-state index contributed by atoms with van der Waals surface area (Å²) in [5, 5.41) is 0. The van der Waals surface area contributed by atoms with Crippen LogP contribution in [0.3, 0.4) is 0 Å². The number of aryl methyl sites for hydroxylation is 1. The van der Waals surface area contributed by atoms with Crippen molar-refractivity contribution >= 4 is 17.6 Å². The van der Waals surface area contributed by atoms with Gasteiger partial charge in [0.25, 0.3) is 0 Å². The van der Waals surface area contributed by atoms with Gasteiger partial charge >= 0.3 is 11.9 Å². The largest absolute Gasteiger partial charge is 0.469 e. The van der Waals surface area contributed by atoms with Crippen molar-refractivity contribution in [3.8, 4) is 0 Å². The monoisotopic (exact) mass is 251 g/mol. The van der Waals surface area contributed by atoms with Crippen molar-refractivity contribution in [2.75, 3.05) is 19.5 Å². The average molecular weight is 251 g/mol. The first kappa shape index (κ1) is 14.0. The molecule has 1 aromatic carbocycles. The van der Waals surface area contributed by atoms with E-state index in [1.165, 1.54) is 7.11 Å². The summed E-state index contributed by atoms with van der Waals surface area (Å²) in [5.41, 5.74) is 7.27. The molecule has 1 aromatic rings. The Bertz CT molecular complexity index is 400. The minimum atomic E-state index is -0.388. The molecule has 0 aliphatic heterocycles. The molecule has 0 bridgehead atoms. The molecule has 0 radical (unpaired) electrons. The second kappa shape index (κ2) is 7.32. The van der Waals surface area contributed by atoms with Gasteiger partial charge < -0.3 is 15.2 Å². The van der Waals surface area contributed by atoms with Crippen molar-refractivity contribution < 1.29 is 19.1 Å². The van der Waals surface area contributed by atoms with Crippen LogP contribution < -0.4 is 5.73 Å². The standard InChI is InChI=1S/C13H17NO4/c1-17-12(15)8-9-18-13(16)7-4-10-2-5-11(14)6-3-10/h2-3,5-6H,4,7-9,14H2,1H3. The molecule has 0 atom stereocenters. The van der Waals surface area contributed by atoms with Crippen LogP contribution >= 0.6 is 0 Å². The lowest BCUT2D eigenvalue weighted by molar-refractivity contribution is -0.147. The highest BCUT2D eigenvalue weighted by Crippen LogP contribution is 2.08. The Morgan fingerprint density at radius 3 is 2.39 bits per heavy atom. The Hall–Kier alpha value is -2.04. The third-order valence-corrected chi connectivity index (χ3v) is 2.39. The summed E-state index contributed by atoms with van der Waals surface area (Å²) < 4.78 is 9.33. The Labute approximate surface area is 106 Å². The van der Waals surface area contributed by atoms with Gasteiger partial charge in [0.2, 0.25) is 0 Å². The number of hydrogen-bond donors (Lipinski definition) is 1. The van der Waals surface area contributed by atoms with Gasteiger partial charge in [-0.15, -0.1) is 0 Å². The molecule has 0 aliphatic rings. The first-order valence-electron chi connectivity index (χ1n) is 5.68. The van der Waals surface area contributed by atoms with Crippen molar-refractivity contribution in [1.29, 1.82) is 0 Å². The fraction of sp³-hybridized carbons (Fsp3) is 0.385. The van der Waals surface area contributed by atoms with E-state index in [2.05, 4.69) is 4.74 Å². The number of benzene rings is 1. The van der Waals surface area contributed by atoms with Gasteiger partial charge in [-0.25, -0.2) is 0 Å². The summed E-state index contributed by atoms with van der Waals surface area (Å²) in [7, 11) is 1.30. The number of nitrogens with two attached hydrogens (primary N) is 1. The number of methoxy groups -OCH3 is 1. The van der Waals surface area contributed by atoms with Gasteiger partial charge in [-0.2, -0.15) is 0 Å². The molecule has 0 unspecified atom stereocenters. The summed E-state index contributed by atoms with van der Waals surface area (Å²) in [6, 6.07) is 7.32. The third kappa shape index (κ3) is 5.34. The van der Waals surface area contributed by atoms with Crippen LogP contribution in [0.25, 0.3) is 0 Å². The number of nitrogen functional groups attached to an aromatic ring is 1. The molecule has 18 heavy (non-hydrogen) atoms. The van der Waals surface area contributed by atoms with E-state index in [-0.39, 0.29) is 31.4 Å². The first-order chi connectivity index (χ1) is 8.61. The molecule has 0 heterocycles. The van der Waals surface area contributed by atoms with E-state index in [0.717, 1.165) is 5.56 Å². The normalized spacial score (nSPS) is 9.83. The second-order valence-electron chi connectivity index (χ2n) is 3.79. The van der Waals surface area contributed by atoms with E-state index in [1.54, 1.807) is 12.1 Å². The lowest BCUT2D eigenvalue weighted by Gasteiger charge is -2.04. The number of hydrogen-bond acceptors (Lipinski definition) is 5. The molecule has 0 fully saturated rings. The number of esters is 2. The molecule has 0 saturated heterocycles. The fourth-order valence-electron chi connectivity index (χ4n) is 1.35. The highest BCUT2D eigenvalue weighted by atomic mass is 16.5. The maximum atomic E-state index is 11.4. The maximum Gasteiger partial charge on any atom is 0.308 e. The lowest BCUT2D eigenvalue weighted by atomic mass is 10.1. The number of carbonyl (C=O) groups is 2. The summed E-state index contributed by atoms with van der Waals surface area (Å²) in [6.45, 7) is 0.0627. The zero-order chi connectivity index (χ0) is 13.4.